The fourth-order valence-corrected chi connectivity index (χ4v) is 8.18. The third-order valence-electron chi connectivity index (χ3n) is 10.8. The zero-order valence-electron chi connectivity index (χ0n) is 30.8. The van der Waals surface area contributed by atoms with Crippen molar-refractivity contribution < 1.29 is 0 Å². The molecule has 0 fully saturated rings. The summed E-state index contributed by atoms with van der Waals surface area (Å²) in [6, 6.07) is 83.1. The number of anilines is 3. The summed E-state index contributed by atoms with van der Waals surface area (Å²) >= 11 is 0. The van der Waals surface area contributed by atoms with E-state index in [2.05, 4.69) is 240 Å². The molecule has 2 nitrogen and oxygen atoms in total. The average molecular weight is 715 g/mol. The van der Waals surface area contributed by atoms with Gasteiger partial charge in [0.25, 0.3) is 0 Å². The number of fused-ring (bicyclic) bond motifs is 3. The van der Waals surface area contributed by atoms with E-state index in [-0.39, 0.29) is 0 Å². The Kier molecular flexibility index (Phi) is 8.55. The normalized spacial score (nSPS) is 11.2. The Bertz CT molecular complexity index is 2890. The minimum absolute atomic E-state index is 1.08. The topological polar surface area (TPSA) is 8.17 Å². The molecule has 1 heterocycles. The second-order valence-corrected chi connectivity index (χ2v) is 14.1. The Morgan fingerprint density at radius 2 is 0.750 bits per heavy atom. The Balaban J connectivity index is 1.18. The lowest BCUT2D eigenvalue weighted by molar-refractivity contribution is 1.18. The van der Waals surface area contributed by atoms with Crippen molar-refractivity contribution in [3.8, 4) is 50.2 Å². The molecule has 264 valence electrons. The molecule has 0 aliphatic heterocycles. The van der Waals surface area contributed by atoms with Gasteiger partial charge in [0.05, 0.1) is 16.7 Å². The van der Waals surface area contributed by atoms with Crippen molar-refractivity contribution in [2.75, 3.05) is 4.90 Å². The molecule has 2 heteroatoms. The predicted octanol–water partition coefficient (Wildman–Crippen LogP) is 14.9. The summed E-state index contributed by atoms with van der Waals surface area (Å²) in [6.45, 7) is 0. The van der Waals surface area contributed by atoms with Crippen LogP contribution in [0.15, 0.2) is 231 Å². The van der Waals surface area contributed by atoms with Gasteiger partial charge in [0.2, 0.25) is 0 Å². The SMILES string of the molecule is c1ccc(-c2ccc(N(c3cccc(-c4ccccc4)c3)c3ccc(-c4ccccc4-n4c5ccccc5c5ccccc54)c(-c4ccccc4)c3)cc2)cc1. The smallest absolute Gasteiger partial charge is 0.0541 e. The monoisotopic (exact) mass is 714 g/mol. The van der Waals surface area contributed by atoms with Crippen LogP contribution in [-0.4, -0.2) is 4.57 Å². The van der Waals surface area contributed by atoms with Gasteiger partial charge in [0.1, 0.15) is 0 Å². The van der Waals surface area contributed by atoms with Crippen LogP contribution in [0.2, 0.25) is 0 Å². The maximum Gasteiger partial charge on any atom is 0.0541 e. The highest BCUT2D eigenvalue weighted by atomic mass is 15.1. The van der Waals surface area contributed by atoms with Crippen molar-refractivity contribution in [2.45, 2.75) is 0 Å². The first-order valence-electron chi connectivity index (χ1n) is 19.2. The van der Waals surface area contributed by atoms with Crippen LogP contribution >= 0.6 is 0 Å². The maximum absolute atomic E-state index is 2.43. The Morgan fingerprint density at radius 3 is 1.41 bits per heavy atom. The number of rotatable bonds is 8. The van der Waals surface area contributed by atoms with Crippen LogP contribution in [-0.2, 0) is 0 Å². The highest BCUT2D eigenvalue weighted by Crippen LogP contribution is 2.44. The molecule has 9 aromatic carbocycles. The fourth-order valence-electron chi connectivity index (χ4n) is 8.18. The van der Waals surface area contributed by atoms with Crippen LogP contribution in [0.1, 0.15) is 0 Å². The van der Waals surface area contributed by atoms with Crippen LogP contribution in [0.5, 0.6) is 0 Å². The predicted molar refractivity (Wildman–Crippen MR) is 237 cm³/mol. The van der Waals surface area contributed by atoms with Crippen molar-refractivity contribution in [2.24, 2.45) is 0 Å². The number of aromatic nitrogens is 1. The van der Waals surface area contributed by atoms with Crippen LogP contribution in [0, 0.1) is 0 Å². The van der Waals surface area contributed by atoms with E-state index >= 15 is 0 Å². The average Bonchev–Trinajstić information content (AvgIpc) is 3.62. The fraction of sp³-hybridized carbons (Fsp3) is 0. The molecular formula is C54H38N2. The van der Waals surface area contributed by atoms with Crippen molar-refractivity contribution in [3.05, 3.63) is 231 Å². The maximum atomic E-state index is 2.43. The Hall–Kier alpha value is -7.42. The number of para-hydroxylation sites is 3. The van der Waals surface area contributed by atoms with Gasteiger partial charge in [-0.2, -0.15) is 0 Å². The van der Waals surface area contributed by atoms with E-state index in [9.17, 15) is 0 Å². The molecule has 0 saturated carbocycles. The molecule has 0 atom stereocenters. The first-order chi connectivity index (χ1) is 27.8. The molecule has 10 rings (SSSR count). The van der Waals surface area contributed by atoms with E-state index in [1.54, 1.807) is 0 Å². The van der Waals surface area contributed by atoms with Crippen molar-refractivity contribution >= 4 is 38.9 Å². The van der Waals surface area contributed by atoms with Gasteiger partial charge in [-0.15, -0.1) is 0 Å². The van der Waals surface area contributed by atoms with E-state index in [1.165, 1.54) is 66.3 Å². The van der Waals surface area contributed by atoms with Gasteiger partial charge in [-0.3, -0.25) is 0 Å². The van der Waals surface area contributed by atoms with Gasteiger partial charge < -0.3 is 9.47 Å². The van der Waals surface area contributed by atoms with E-state index < -0.39 is 0 Å². The summed E-state index contributed by atoms with van der Waals surface area (Å²) in [4.78, 5) is 2.39. The van der Waals surface area contributed by atoms with Crippen LogP contribution in [0.4, 0.5) is 17.1 Å². The highest BCUT2D eigenvalue weighted by molar-refractivity contribution is 6.10. The quantitative estimate of drug-likeness (QED) is 0.152. The molecular weight excluding hydrogens is 677 g/mol. The van der Waals surface area contributed by atoms with Gasteiger partial charge >= 0.3 is 0 Å². The lowest BCUT2D eigenvalue weighted by Gasteiger charge is -2.28. The number of hydrogen-bond acceptors (Lipinski definition) is 1. The minimum atomic E-state index is 1.08. The van der Waals surface area contributed by atoms with Gasteiger partial charge in [0, 0.05) is 33.4 Å². The lowest BCUT2D eigenvalue weighted by atomic mass is 9.92. The molecule has 10 aromatic rings. The summed E-state index contributed by atoms with van der Waals surface area (Å²) in [6.07, 6.45) is 0. The molecule has 0 radical (unpaired) electrons. The van der Waals surface area contributed by atoms with Gasteiger partial charge in [0.15, 0.2) is 0 Å². The van der Waals surface area contributed by atoms with Crippen LogP contribution in [0.3, 0.4) is 0 Å². The van der Waals surface area contributed by atoms with Gasteiger partial charge in [-0.05, 0) is 93.5 Å². The van der Waals surface area contributed by atoms with Gasteiger partial charge in [-0.1, -0.05) is 176 Å². The third-order valence-corrected chi connectivity index (χ3v) is 10.8. The molecule has 0 bridgehead atoms. The summed E-state index contributed by atoms with van der Waals surface area (Å²) < 4.78 is 2.43. The summed E-state index contributed by atoms with van der Waals surface area (Å²) in [7, 11) is 0. The molecule has 0 saturated heterocycles. The number of benzene rings is 9. The first kappa shape index (κ1) is 33.2. The zero-order chi connectivity index (χ0) is 37.3. The summed E-state index contributed by atoms with van der Waals surface area (Å²) in [5.74, 6) is 0. The molecule has 0 spiro atoms. The van der Waals surface area contributed by atoms with Crippen molar-refractivity contribution in [3.63, 3.8) is 0 Å². The second-order valence-electron chi connectivity index (χ2n) is 14.1. The molecule has 0 aliphatic rings. The van der Waals surface area contributed by atoms with E-state index in [0.29, 0.717) is 0 Å². The molecule has 0 amide bonds. The van der Waals surface area contributed by atoms with Crippen LogP contribution in [0.25, 0.3) is 72.0 Å². The summed E-state index contributed by atoms with van der Waals surface area (Å²) in [5, 5.41) is 2.51. The summed E-state index contributed by atoms with van der Waals surface area (Å²) in [5.41, 5.74) is 16.3. The van der Waals surface area contributed by atoms with E-state index in [1.807, 2.05) is 0 Å². The standard InChI is InChI=1S/C54H38N2/c1-4-17-39(18-5-1)41-31-33-44(34-32-41)55(45-24-16-23-43(37-45)40-19-6-2-7-20-40)46-35-36-47(51(38-46)42-21-8-3-9-22-42)48-25-10-13-28-52(48)56-53-29-14-11-26-49(53)50-27-12-15-30-54(50)56/h1-38H. The van der Waals surface area contributed by atoms with Gasteiger partial charge in [-0.25, -0.2) is 0 Å². The molecule has 56 heavy (non-hydrogen) atoms. The number of nitrogens with zero attached hydrogens (tertiary/aromatic N) is 2. The lowest BCUT2D eigenvalue weighted by Crippen LogP contribution is -2.10. The second kappa shape index (κ2) is 14.4. The van der Waals surface area contributed by atoms with E-state index in [4.69, 9.17) is 0 Å². The molecule has 1 aromatic heterocycles. The molecule has 0 N–H and O–H groups in total. The first-order valence-corrected chi connectivity index (χ1v) is 19.2. The highest BCUT2D eigenvalue weighted by Gasteiger charge is 2.20. The van der Waals surface area contributed by atoms with Crippen molar-refractivity contribution in [1.82, 2.24) is 4.57 Å². The zero-order valence-corrected chi connectivity index (χ0v) is 30.8. The van der Waals surface area contributed by atoms with Crippen LogP contribution < -0.4 is 4.90 Å². The molecule has 0 unspecified atom stereocenters. The largest absolute Gasteiger partial charge is 0.310 e. The Labute approximate surface area is 327 Å². The van der Waals surface area contributed by atoms with Crippen molar-refractivity contribution in [1.29, 1.82) is 0 Å². The Morgan fingerprint density at radius 1 is 0.268 bits per heavy atom. The third kappa shape index (κ3) is 6.04. The van der Waals surface area contributed by atoms with E-state index in [0.717, 1.165) is 22.7 Å². The minimum Gasteiger partial charge on any atom is -0.310 e. The molecule has 0 aliphatic carbocycles. The number of hydrogen-bond donors (Lipinski definition) is 0.